The Morgan fingerprint density at radius 3 is 2.88 bits per heavy atom. The average Bonchev–Trinajstić information content (AvgIpc) is 2.99. The van der Waals surface area contributed by atoms with Gasteiger partial charge < -0.3 is 4.57 Å². The molecule has 0 fully saturated rings. The molecular formula is C18H15N5O. The Labute approximate surface area is 139 Å². The third-order valence-electron chi connectivity index (χ3n) is 3.60. The van der Waals surface area contributed by atoms with E-state index in [9.17, 15) is 4.79 Å². The smallest absolute Gasteiger partial charge is 0.271 e. The molecule has 3 rings (SSSR count). The molecule has 6 heteroatoms. The Morgan fingerprint density at radius 1 is 1.29 bits per heavy atom. The van der Waals surface area contributed by atoms with Gasteiger partial charge in [0.1, 0.15) is 0 Å². The van der Waals surface area contributed by atoms with Crippen LogP contribution in [0.4, 0.5) is 0 Å². The van der Waals surface area contributed by atoms with Crippen LogP contribution in [0.15, 0.2) is 60.1 Å². The summed E-state index contributed by atoms with van der Waals surface area (Å²) in [7, 11) is 0. The van der Waals surface area contributed by atoms with Crippen LogP contribution in [0.5, 0.6) is 0 Å². The number of benzene rings is 1. The fourth-order valence-electron chi connectivity index (χ4n) is 2.46. The van der Waals surface area contributed by atoms with E-state index in [2.05, 4.69) is 21.6 Å². The molecule has 0 aliphatic heterocycles. The SMILES string of the molecule is N#CCCn1cc(/C=N\NC(=O)c2ccncc2)c2ccccc21. The van der Waals surface area contributed by atoms with Gasteiger partial charge in [0.2, 0.25) is 0 Å². The number of nitriles is 1. The van der Waals surface area contributed by atoms with E-state index in [0.29, 0.717) is 18.5 Å². The van der Waals surface area contributed by atoms with Crippen LogP contribution in [0.2, 0.25) is 0 Å². The highest BCUT2D eigenvalue weighted by molar-refractivity contribution is 6.00. The highest BCUT2D eigenvalue weighted by atomic mass is 16.2. The summed E-state index contributed by atoms with van der Waals surface area (Å²) in [5, 5.41) is 13.8. The summed E-state index contributed by atoms with van der Waals surface area (Å²) in [5.74, 6) is -0.290. The van der Waals surface area contributed by atoms with Gasteiger partial charge in [0.25, 0.3) is 5.91 Å². The second kappa shape index (κ2) is 7.20. The summed E-state index contributed by atoms with van der Waals surface area (Å²) in [6, 6.07) is 13.3. The van der Waals surface area contributed by atoms with E-state index in [0.717, 1.165) is 16.5 Å². The number of nitrogens with one attached hydrogen (secondary N) is 1. The van der Waals surface area contributed by atoms with Crippen LogP contribution in [0.1, 0.15) is 22.3 Å². The predicted octanol–water partition coefficient (Wildman–Crippen LogP) is 2.71. The van der Waals surface area contributed by atoms with Crippen LogP contribution in [0, 0.1) is 11.3 Å². The van der Waals surface area contributed by atoms with Crippen molar-refractivity contribution in [3.63, 3.8) is 0 Å². The molecule has 0 bridgehead atoms. The molecule has 0 atom stereocenters. The lowest BCUT2D eigenvalue weighted by atomic mass is 10.2. The topological polar surface area (TPSA) is 83.1 Å². The van der Waals surface area contributed by atoms with Crippen molar-refractivity contribution in [1.29, 1.82) is 5.26 Å². The molecule has 0 saturated carbocycles. The molecule has 3 aromatic rings. The van der Waals surface area contributed by atoms with E-state index in [-0.39, 0.29) is 5.91 Å². The molecule has 0 unspecified atom stereocenters. The minimum Gasteiger partial charge on any atom is -0.346 e. The summed E-state index contributed by atoms with van der Waals surface area (Å²) < 4.78 is 2.02. The van der Waals surface area contributed by atoms with Crippen LogP contribution in [-0.4, -0.2) is 21.7 Å². The van der Waals surface area contributed by atoms with Crippen LogP contribution in [0.25, 0.3) is 10.9 Å². The van der Waals surface area contributed by atoms with E-state index >= 15 is 0 Å². The molecule has 24 heavy (non-hydrogen) atoms. The standard InChI is InChI=1S/C18H15N5O/c19-8-3-11-23-13-15(16-4-1-2-5-17(16)23)12-21-22-18(24)14-6-9-20-10-7-14/h1-2,4-7,9-10,12-13H,3,11H2,(H,22,24)/b21-12-. The average molecular weight is 317 g/mol. The number of hydrazone groups is 1. The highest BCUT2D eigenvalue weighted by Gasteiger charge is 2.07. The number of hydrogen-bond donors (Lipinski definition) is 1. The first-order valence-electron chi connectivity index (χ1n) is 7.48. The number of aromatic nitrogens is 2. The molecule has 0 aliphatic rings. The van der Waals surface area contributed by atoms with Crippen molar-refractivity contribution in [3.05, 3.63) is 66.1 Å². The van der Waals surface area contributed by atoms with Gasteiger partial charge >= 0.3 is 0 Å². The molecule has 1 amide bonds. The zero-order chi connectivity index (χ0) is 16.8. The molecule has 6 nitrogen and oxygen atoms in total. The van der Waals surface area contributed by atoms with Gasteiger partial charge in [0.05, 0.1) is 18.7 Å². The van der Waals surface area contributed by atoms with Gasteiger partial charge in [-0.2, -0.15) is 10.4 Å². The second-order valence-corrected chi connectivity index (χ2v) is 5.14. The first-order chi connectivity index (χ1) is 11.8. The minimum absolute atomic E-state index is 0.290. The van der Waals surface area contributed by atoms with Crippen molar-refractivity contribution >= 4 is 23.0 Å². The van der Waals surface area contributed by atoms with E-state index < -0.39 is 0 Å². The molecule has 0 radical (unpaired) electrons. The number of rotatable bonds is 5. The minimum atomic E-state index is -0.290. The Kier molecular flexibility index (Phi) is 4.63. The lowest BCUT2D eigenvalue weighted by Crippen LogP contribution is -2.17. The fourth-order valence-corrected chi connectivity index (χ4v) is 2.46. The molecule has 1 N–H and O–H groups in total. The quantitative estimate of drug-likeness (QED) is 0.580. The molecule has 0 aliphatic carbocycles. The van der Waals surface area contributed by atoms with Crippen molar-refractivity contribution in [2.75, 3.05) is 0 Å². The van der Waals surface area contributed by atoms with Crippen LogP contribution in [-0.2, 0) is 6.54 Å². The first-order valence-corrected chi connectivity index (χ1v) is 7.48. The Bertz CT molecular complexity index is 921. The van der Waals surface area contributed by atoms with E-state index in [1.807, 2.05) is 35.0 Å². The van der Waals surface area contributed by atoms with Crippen molar-refractivity contribution < 1.29 is 4.79 Å². The Balaban J connectivity index is 1.80. The van der Waals surface area contributed by atoms with Crippen LogP contribution in [0.3, 0.4) is 0 Å². The fraction of sp³-hybridized carbons (Fsp3) is 0.111. The molecule has 0 spiro atoms. The van der Waals surface area contributed by atoms with E-state index in [1.54, 1.807) is 30.7 Å². The van der Waals surface area contributed by atoms with Crippen LogP contribution >= 0.6 is 0 Å². The van der Waals surface area contributed by atoms with Gasteiger partial charge in [-0.3, -0.25) is 9.78 Å². The number of carbonyl (C=O) groups excluding carboxylic acids is 1. The monoisotopic (exact) mass is 317 g/mol. The van der Waals surface area contributed by atoms with Crippen molar-refractivity contribution in [3.8, 4) is 6.07 Å². The molecule has 0 saturated heterocycles. The van der Waals surface area contributed by atoms with Gasteiger partial charge in [0.15, 0.2) is 0 Å². The van der Waals surface area contributed by atoms with Crippen LogP contribution < -0.4 is 5.43 Å². The molecular weight excluding hydrogens is 302 g/mol. The lowest BCUT2D eigenvalue weighted by Gasteiger charge is -2.00. The number of amides is 1. The maximum absolute atomic E-state index is 12.0. The number of pyridine rings is 1. The molecule has 2 heterocycles. The molecule has 2 aromatic heterocycles. The number of fused-ring (bicyclic) bond motifs is 1. The number of carbonyl (C=O) groups is 1. The second-order valence-electron chi connectivity index (χ2n) is 5.14. The first kappa shape index (κ1) is 15.4. The summed E-state index contributed by atoms with van der Waals surface area (Å²) in [5.41, 5.74) is 4.93. The lowest BCUT2D eigenvalue weighted by molar-refractivity contribution is 0.0955. The normalized spacial score (nSPS) is 10.8. The summed E-state index contributed by atoms with van der Waals surface area (Å²) in [4.78, 5) is 15.8. The zero-order valence-electron chi connectivity index (χ0n) is 12.9. The number of aryl methyl sites for hydroxylation is 1. The maximum Gasteiger partial charge on any atom is 0.271 e. The summed E-state index contributed by atoms with van der Waals surface area (Å²) in [6.45, 7) is 0.619. The van der Waals surface area contributed by atoms with Gasteiger partial charge in [-0.15, -0.1) is 0 Å². The summed E-state index contributed by atoms with van der Waals surface area (Å²) in [6.07, 6.45) is 7.10. The van der Waals surface area contributed by atoms with Gasteiger partial charge in [-0.05, 0) is 18.2 Å². The Hall–Kier alpha value is -3.46. The number of nitrogens with zero attached hydrogens (tertiary/aromatic N) is 4. The van der Waals surface area contributed by atoms with Gasteiger partial charge in [-0.25, -0.2) is 5.43 Å². The van der Waals surface area contributed by atoms with E-state index in [1.165, 1.54) is 0 Å². The maximum atomic E-state index is 12.0. The number of para-hydroxylation sites is 1. The van der Waals surface area contributed by atoms with Gasteiger partial charge in [0, 0.05) is 47.2 Å². The summed E-state index contributed by atoms with van der Waals surface area (Å²) >= 11 is 0. The van der Waals surface area contributed by atoms with Crippen molar-refractivity contribution in [2.24, 2.45) is 5.10 Å². The highest BCUT2D eigenvalue weighted by Crippen LogP contribution is 2.20. The zero-order valence-corrected chi connectivity index (χ0v) is 12.9. The van der Waals surface area contributed by atoms with Crippen molar-refractivity contribution in [1.82, 2.24) is 15.0 Å². The molecule has 118 valence electrons. The third kappa shape index (κ3) is 3.31. The van der Waals surface area contributed by atoms with Crippen molar-refractivity contribution in [2.45, 2.75) is 13.0 Å². The van der Waals surface area contributed by atoms with Gasteiger partial charge in [-0.1, -0.05) is 18.2 Å². The van der Waals surface area contributed by atoms with E-state index in [4.69, 9.17) is 5.26 Å². The predicted molar refractivity (Wildman–Crippen MR) is 91.5 cm³/mol. The Morgan fingerprint density at radius 2 is 2.08 bits per heavy atom. The largest absolute Gasteiger partial charge is 0.346 e. The number of hydrogen-bond acceptors (Lipinski definition) is 4. The third-order valence-corrected chi connectivity index (χ3v) is 3.60. The molecule has 1 aromatic carbocycles.